The fourth-order valence-corrected chi connectivity index (χ4v) is 2.84. The first-order valence-corrected chi connectivity index (χ1v) is 8.25. The minimum atomic E-state index is -4.44. The van der Waals surface area contributed by atoms with Gasteiger partial charge in [-0.1, -0.05) is 30.3 Å². The summed E-state index contributed by atoms with van der Waals surface area (Å²) in [4.78, 5) is 12.4. The molecule has 0 radical (unpaired) electrons. The van der Waals surface area contributed by atoms with Crippen LogP contribution in [0, 0.1) is 0 Å². The van der Waals surface area contributed by atoms with E-state index in [9.17, 15) is 13.2 Å². The van der Waals surface area contributed by atoms with Crippen LogP contribution in [0.25, 0.3) is 0 Å². The summed E-state index contributed by atoms with van der Waals surface area (Å²) in [6.07, 6.45) is -0.0695. The van der Waals surface area contributed by atoms with E-state index in [-0.39, 0.29) is 5.69 Å². The summed E-state index contributed by atoms with van der Waals surface area (Å²) in [6, 6.07) is 12.4. The molecule has 1 aliphatic rings. The highest BCUT2D eigenvalue weighted by Crippen LogP contribution is 2.36. The number of pyridine rings is 2. The van der Waals surface area contributed by atoms with Crippen molar-refractivity contribution in [3.8, 4) is 5.75 Å². The summed E-state index contributed by atoms with van der Waals surface area (Å²) >= 11 is 0. The summed E-state index contributed by atoms with van der Waals surface area (Å²) in [7, 11) is 0. The van der Waals surface area contributed by atoms with E-state index < -0.39 is 11.7 Å². The van der Waals surface area contributed by atoms with Gasteiger partial charge in [-0.2, -0.15) is 13.2 Å². The highest BCUT2D eigenvalue weighted by molar-refractivity contribution is 6.07. The van der Waals surface area contributed by atoms with E-state index in [1.807, 2.05) is 30.3 Å². The van der Waals surface area contributed by atoms with E-state index in [1.165, 1.54) is 0 Å². The van der Waals surface area contributed by atoms with E-state index in [1.54, 1.807) is 18.5 Å². The van der Waals surface area contributed by atoms with Gasteiger partial charge in [0, 0.05) is 24.4 Å². The van der Waals surface area contributed by atoms with Crippen LogP contribution in [-0.2, 0) is 19.2 Å². The zero-order chi connectivity index (χ0) is 18.9. The number of hydrogen-bond acceptors (Lipinski definition) is 4. The lowest BCUT2D eigenvalue weighted by Crippen LogP contribution is -2.07. The van der Waals surface area contributed by atoms with Crippen LogP contribution in [0.3, 0.4) is 0 Å². The summed E-state index contributed by atoms with van der Waals surface area (Å²) in [5.74, 6) is 0.531. The smallest absolute Gasteiger partial charge is 0.417 e. The average Bonchev–Trinajstić information content (AvgIpc) is 3.10. The van der Waals surface area contributed by atoms with Crippen molar-refractivity contribution in [2.75, 3.05) is 0 Å². The molecule has 1 aliphatic heterocycles. The third-order valence-electron chi connectivity index (χ3n) is 4.20. The number of alkyl halides is 3. The van der Waals surface area contributed by atoms with Crippen molar-refractivity contribution in [2.45, 2.75) is 19.2 Å². The van der Waals surface area contributed by atoms with Crippen LogP contribution >= 0.6 is 0 Å². The Morgan fingerprint density at radius 1 is 1.04 bits per heavy atom. The van der Waals surface area contributed by atoms with Crippen molar-refractivity contribution < 1.29 is 17.9 Å². The Bertz CT molecular complexity index is 1000. The number of aromatic nitrogens is 2. The molecule has 1 aromatic carbocycles. The molecule has 136 valence electrons. The molecule has 0 N–H and O–H groups in total. The third kappa shape index (κ3) is 3.67. The molecular formula is C20H14F3N3O. The molecule has 2 aromatic heterocycles. The largest absolute Gasteiger partial charge is 0.487 e. The first kappa shape index (κ1) is 17.2. The number of rotatable bonds is 4. The Balaban J connectivity index is 1.60. The standard InChI is InChI=1S/C20H14F3N3O/c21-20(22,23)14-8-18-17(25-10-14)9-16(26-18)15-6-7-24-11-19(15)27-12-13-4-2-1-3-5-13/h1-8,10-11H,9,12H2. The van der Waals surface area contributed by atoms with Crippen LogP contribution < -0.4 is 4.74 Å². The molecule has 7 heteroatoms. The van der Waals surface area contributed by atoms with Gasteiger partial charge in [0.1, 0.15) is 12.4 Å². The normalized spacial score (nSPS) is 13.2. The first-order valence-electron chi connectivity index (χ1n) is 8.25. The molecule has 4 rings (SSSR count). The van der Waals surface area contributed by atoms with Gasteiger partial charge in [0.05, 0.1) is 28.9 Å². The second-order valence-corrected chi connectivity index (χ2v) is 6.07. The van der Waals surface area contributed by atoms with Crippen LogP contribution in [-0.4, -0.2) is 15.7 Å². The average molecular weight is 369 g/mol. The monoisotopic (exact) mass is 369 g/mol. The van der Waals surface area contributed by atoms with Crippen LogP contribution in [0.2, 0.25) is 0 Å². The molecule has 0 atom stereocenters. The summed E-state index contributed by atoms with van der Waals surface area (Å²) in [5.41, 5.74) is 2.27. The van der Waals surface area contributed by atoms with Gasteiger partial charge in [0.25, 0.3) is 0 Å². The van der Waals surface area contributed by atoms with E-state index in [0.29, 0.717) is 35.7 Å². The lowest BCUT2D eigenvalue weighted by Gasteiger charge is -2.10. The van der Waals surface area contributed by atoms with Gasteiger partial charge >= 0.3 is 6.18 Å². The molecule has 0 spiro atoms. The van der Waals surface area contributed by atoms with Crippen LogP contribution in [0.15, 0.2) is 66.0 Å². The number of fused-ring (bicyclic) bond motifs is 1. The Kier molecular flexibility index (Phi) is 4.35. The van der Waals surface area contributed by atoms with Crippen molar-refractivity contribution in [3.05, 3.63) is 83.4 Å². The third-order valence-corrected chi connectivity index (χ3v) is 4.20. The van der Waals surface area contributed by atoms with Crippen molar-refractivity contribution in [1.82, 2.24) is 9.97 Å². The highest BCUT2D eigenvalue weighted by atomic mass is 19.4. The van der Waals surface area contributed by atoms with Gasteiger partial charge in [0.2, 0.25) is 0 Å². The Hall–Kier alpha value is -3.22. The van der Waals surface area contributed by atoms with Gasteiger partial charge in [-0.15, -0.1) is 0 Å². The van der Waals surface area contributed by atoms with Crippen molar-refractivity contribution in [1.29, 1.82) is 0 Å². The second-order valence-electron chi connectivity index (χ2n) is 6.07. The number of benzene rings is 1. The lowest BCUT2D eigenvalue weighted by atomic mass is 10.1. The lowest BCUT2D eigenvalue weighted by molar-refractivity contribution is -0.137. The van der Waals surface area contributed by atoms with E-state index >= 15 is 0 Å². The maximum absolute atomic E-state index is 12.9. The van der Waals surface area contributed by atoms with E-state index in [2.05, 4.69) is 15.0 Å². The molecule has 3 heterocycles. The number of halogens is 3. The Morgan fingerprint density at radius 3 is 2.63 bits per heavy atom. The predicted octanol–water partition coefficient (Wildman–Crippen LogP) is 4.75. The maximum atomic E-state index is 12.9. The molecule has 0 aliphatic carbocycles. The quantitative estimate of drug-likeness (QED) is 0.667. The second kappa shape index (κ2) is 6.83. The first-order chi connectivity index (χ1) is 13.0. The molecule has 0 amide bonds. The van der Waals surface area contributed by atoms with Crippen molar-refractivity contribution >= 4 is 11.4 Å². The minimum absolute atomic E-state index is 0.241. The van der Waals surface area contributed by atoms with Crippen LogP contribution in [0.5, 0.6) is 5.75 Å². The van der Waals surface area contributed by atoms with Crippen LogP contribution in [0.1, 0.15) is 22.4 Å². The molecule has 0 saturated carbocycles. The predicted molar refractivity (Wildman–Crippen MR) is 94.2 cm³/mol. The number of aliphatic imine (C=N–C) groups is 1. The van der Waals surface area contributed by atoms with Gasteiger partial charge in [0.15, 0.2) is 0 Å². The molecule has 27 heavy (non-hydrogen) atoms. The van der Waals surface area contributed by atoms with Gasteiger partial charge in [-0.3, -0.25) is 15.0 Å². The Labute approximate surface area is 153 Å². The van der Waals surface area contributed by atoms with Crippen LogP contribution in [0.4, 0.5) is 18.9 Å². The topological polar surface area (TPSA) is 47.4 Å². The van der Waals surface area contributed by atoms with Crippen molar-refractivity contribution in [2.24, 2.45) is 4.99 Å². The molecule has 0 unspecified atom stereocenters. The van der Waals surface area contributed by atoms with Crippen molar-refractivity contribution in [3.63, 3.8) is 0 Å². The Morgan fingerprint density at radius 2 is 1.85 bits per heavy atom. The molecule has 0 fully saturated rings. The van der Waals surface area contributed by atoms with Gasteiger partial charge in [-0.05, 0) is 17.7 Å². The summed E-state index contributed by atoms with van der Waals surface area (Å²) < 4.78 is 44.5. The molecular weight excluding hydrogens is 355 g/mol. The number of ether oxygens (including phenoxy) is 1. The van der Waals surface area contributed by atoms with E-state index in [4.69, 9.17) is 4.74 Å². The fourth-order valence-electron chi connectivity index (χ4n) is 2.84. The fraction of sp³-hybridized carbons (Fsp3) is 0.150. The maximum Gasteiger partial charge on any atom is 0.417 e. The molecule has 4 nitrogen and oxygen atoms in total. The van der Waals surface area contributed by atoms with E-state index in [0.717, 1.165) is 17.8 Å². The zero-order valence-electron chi connectivity index (χ0n) is 14.1. The zero-order valence-corrected chi connectivity index (χ0v) is 14.1. The molecule has 3 aromatic rings. The number of nitrogens with zero attached hydrogens (tertiary/aromatic N) is 3. The highest BCUT2D eigenvalue weighted by Gasteiger charge is 2.33. The van der Waals surface area contributed by atoms with Gasteiger partial charge in [-0.25, -0.2) is 0 Å². The molecule has 0 bridgehead atoms. The molecule has 0 saturated heterocycles. The summed E-state index contributed by atoms with van der Waals surface area (Å²) in [6.45, 7) is 0.357. The minimum Gasteiger partial charge on any atom is -0.487 e. The van der Waals surface area contributed by atoms with Gasteiger partial charge < -0.3 is 4.74 Å². The number of hydrogen-bond donors (Lipinski definition) is 0. The summed E-state index contributed by atoms with van der Waals surface area (Å²) in [5, 5.41) is 0. The SMILES string of the molecule is FC(F)(F)c1cnc2c(c1)N=C(c1ccncc1OCc1ccccc1)C2.